The van der Waals surface area contributed by atoms with Gasteiger partial charge in [-0.15, -0.1) is 0 Å². The number of ether oxygens (including phenoxy) is 2. The van der Waals surface area contributed by atoms with Crippen molar-refractivity contribution < 1.29 is 19.4 Å². The van der Waals surface area contributed by atoms with Gasteiger partial charge in [0.15, 0.2) is 11.5 Å². The number of benzene rings is 1. The minimum absolute atomic E-state index is 0.0610. The van der Waals surface area contributed by atoms with Crippen LogP contribution in [0.5, 0.6) is 11.5 Å². The van der Waals surface area contributed by atoms with Gasteiger partial charge in [0.25, 0.3) is 0 Å². The van der Waals surface area contributed by atoms with Crippen molar-refractivity contribution in [1.82, 2.24) is 0 Å². The Morgan fingerprint density at radius 2 is 2.00 bits per heavy atom. The van der Waals surface area contributed by atoms with Gasteiger partial charge in [-0.05, 0) is 29.5 Å². The molecule has 0 saturated carbocycles. The smallest absolute Gasteiger partial charge is 0.303 e. The van der Waals surface area contributed by atoms with Gasteiger partial charge in [0.1, 0.15) is 0 Å². The van der Waals surface area contributed by atoms with E-state index in [1.54, 1.807) is 0 Å². The van der Waals surface area contributed by atoms with Crippen LogP contribution in [0.4, 0.5) is 0 Å². The van der Waals surface area contributed by atoms with Crippen molar-refractivity contribution in [2.45, 2.75) is 32.6 Å². The molecule has 0 bridgehead atoms. The third kappa shape index (κ3) is 3.53. The first kappa shape index (κ1) is 15.6. The van der Waals surface area contributed by atoms with Crippen molar-refractivity contribution in [2.24, 2.45) is 0 Å². The van der Waals surface area contributed by atoms with Crippen LogP contribution >= 0.6 is 11.6 Å². The molecule has 0 radical (unpaired) electrons. The van der Waals surface area contributed by atoms with Gasteiger partial charge in [-0.3, -0.25) is 4.79 Å². The molecular weight excluding hydrogens is 268 g/mol. The van der Waals surface area contributed by atoms with Crippen LogP contribution in [0.15, 0.2) is 6.07 Å². The lowest BCUT2D eigenvalue weighted by atomic mass is 9.93. The third-order valence-corrected chi connectivity index (χ3v) is 3.30. The molecule has 0 fully saturated rings. The summed E-state index contributed by atoms with van der Waals surface area (Å²) in [6, 6.07) is 1.81. The average Bonchev–Trinajstić information content (AvgIpc) is 2.34. The SMILES string of the molecule is COc1cc(CCC(=O)O)c(C(C)C)c(Cl)c1OC. The Labute approximate surface area is 118 Å². The van der Waals surface area contributed by atoms with Gasteiger partial charge >= 0.3 is 5.97 Å². The van der Waals surface area contributed by atoms with Crippen LogP contribution in [0.3, 0.4) is 0 Å². The van der Waals surface area contributed by atoms with Crippen LogP contribution in [0.25, 0.3) is 0 Å². The predicted molar refractivity (Wildman–Crippen MR) is 74.6 cm³/mol. The molecular formula is C14H19ClO4. The summed E-state index contributed by atoms with van der Waals surface area (Å²) in [6.07, 6.45) is 0.481. The van der Waals surface area contributed by atoms with E-state index in [1.165, 1.54) is 14.2 Å². The van der Waals surface area contributed by atoms with Gasteiger partial charge < -0.3 is 14.6 Å². The molecule has 0 atom stereocenters. The Morgan fingerprint density at radius 3 is 2.42 bits per heavy atom. The highest BCUT2D eigenvalue weighted by Gasteiger charge is 2.20. The Hall–Kier alpha value is -1.42. The zero-order valence-corrected chi connectivity index (χ0v) is 12.4. The summed E-state index contributed by atoms with van der Waals surface area (Å²) >= 11 is 6.36. The molecule has 19 heavy (non-hydrogen) atoms. The lowest BCUT2D eigenvalue weighted by molar-refractivity contribution is -0.136. The van der Waals surface area contributed by atoms with Gasteiger partial charge in [-0.2, -0.15) is 0 Å². The zero-order chi connectivity index (χ0) is 14.6. The Kier molecular flexibility index (Phi) is 5.48. The fourth-order valence-electron chi connectivity index (χ4n) is 2.09. The number of hydrogen-bond acceptors (Lipinski definition) is 3. The van der Waals surface area contributed by atoms with Crippen molar-refractivity contribution in [3.63, 3.8) is 0 Å². The van der Waals surface area contributed by atoms with Gasteiger partial charge in [-0.25, -0.2) is 0 Å². The second-order valence-corrected chi connectivity index (χ2v) is 4.93. The third-order valence-electron chi connectivity index (χ3n) is 2.92. The molecule has 1 rings (SSSR count). The standard InChI is InChI=1S/C14H19ClO4/c1-8(2)12-9(5-6-11(16)17)7-10(18-3)14(19-4)13(12)15/h7-8H,5-6H2,1-4H3,(H,16,17). The maximum Gasteiger partial charge on any atom is 0.303 e. The summed E-state index contributed by atoms with van der Waals surface area (Å²) in [5.41, 5.74) is 1.81. The molecule has 0 spiro atoms. The second kappa shape index (κ2) is 6.66. The number of aliphatic carboxylic acids is 1. The number of rotatable bonds is 6. The number of aryl methyl sites for hydroxylation is 1. The van der Waals surface area contributed by atoms with E-state index in [9.17, 15) is 4.79 Å². The van der Waals surface area contributed by atoms with E-state index in [0.29, 0.717) is 22.9 Å². The zero-order valence-electron chi connectivity index (χ0n) is 11.6. The first-order valence-corrected chi connectivity index (χ1v) is 6.45. The number of carboxylic acid groups (broad SMARTS) is 1. The molecule has 0 aliphatic heterocycles. The highest BCUT2D eigenvalue weighted by Crippen LogP contribution is 2.42. The van der Waals surface area contributed by atoms with Crippen LogP contribution in [0.2, 0.25) is 5.02 Å². The van der Waals surface area contributed by atoms with E-state index in [1.807, 2.05) is 19.9 Å². The Balaban J connectivity index is 3.34. The lowest BCUT2D eigenvalue weighted by Gasteiger charge is -2.19. The molecule has 0 unspecified atom stereocenters. The molecule has 0 heterocycles. The van der Waals surface area contributed by atoms with Crippen LogP contribution in [-0.2, 0) is 11.2 Å². The van der Waals surface area contributed by atoms with Crippen LogP contribution in [0.1, 0.15) is 37.3 Å². The van der Waals surface area contributed by atoms with E-state index >= 15 is 0 Å². The quantitative estimate of drug-likeness (QED) is 0.869. The molecule has 5 heteroatoms. The first-order valence-electron chi connectivity index (χ1n) is 6.07. The molecule has 1 aromatic carbocycles. The molecule has 0 saturated heterocycles. The second-order valence-electron chi connectivity index (χ2n) is 4.55. The maximum atomic E-state index is 10.7. The van der Waals surface area contributed by atoms with Gasteiger partial charge in [0, 0.05) is 6.42 Å². The molecule has 1 aromatic rings. The summed E-state index contributed by atoms with van der Waals surface area (Å²) in [6.45, 7) is 4.02. The Bertz CT molecular complexity index is 469. The molecule has 0 aliphatic carbocycles. The largest absolute Gasteiger partial charge is 0.493 e. The normalized spacial score (nSPS) is 10.6. The van der Waals surface area contributed by atoms with Crippen LogP contribution in [-0.4, -0.2) is 25.3 Å². The molecule has 1 N–H and O–H groups in total. The van der Waals surface area contributed by atoms with Crippen molar-refractivity contribution in [1.29, 1.82) is 0 Å². The van der Waals surface area contributed by atoms with Crippen LogP contribution < -0.4 is 9.47 Å². The van der Waals surface area contributed by atoms with Crippen molar-refractivity contribution >= 4 is 17.6 Å². The molecule has 0 aromatic heterocycles. The average molecular weight is 287 g/mol. The van der Waals surface area contributed by atoms with E-state index < -0.39 is 5.97 Å². The lowest BCUT2D eigenvalue weighted by Crippen LogP contribution is -2.05. The highest BCUT2D eigenvalue weighted by molar-refractivity contribution is 6.33. The van der Waals surface area contributed by atoms with Crippen LogP contribution in [0, 0.1) is 0 Å². The summed E-state index contributed by atoms with van der Waals surface area (Å²) in [7, 11) is 3.06. The molecule has 4 nitrogen and oxygen atoms in total. The monoisotopic (exact) mass is 286 g/mol. The molecule has 106 valence electrons. The van der Waals surface area contributed by atoms with E-state index in [4.69, 9.17) is 26.2 Å². The van der Waals surface area contributed by atoms with Crippen molar-refractivity contribution in [2.75, 3.05) is 14.2 Å². The predicted octanol–water partition coefficient (Wildman–Crippen LogP) is 3.50. The van der Waals surface area contributed by atoms with E-state index in [0.717, 1.165) is 11.1 Å². The number of halogens is 1. The van der Waals surface area contributed by atoms with Crippen molar-refractivity contribution in [3.8, 4) is 11.5 Å². The molecule has 0 amide bonds. The highest BCUT2D eigenvalue weighted by atomic mass is 35.5. The Morgan fingerprint density at radius 1 is 1.37 bits per heavy atom. The van der Waals surface area contributed by atoms with E-state index in [2.05, 4.69) is 0 Å². The van der Waals surface area contributed by atoms with Crippen molar-refractivity contribution in [3.05, 3.63) is 22.2 Å². The minimum atomic E-state index is -0.833. The van der Waals surface area contributed by atoms with Gasteiger partial charge in [0.05, 0.1) is 19.2 Å². The first-order chi connectivity index (χ1) is 8.92. The maximum absolute atomic E-state index is 10.7. The number of methoxy groups -OCH3 is 2. The minimum Gasteiger partial charge on any atom is -0.493 e. The summed E-state index contributed by atoms with van der Waals surface area (Å²) in [5.74, 6) is 0.362. The van der Waals surface area contributed by atoms with Gasteiger partial charge in [-0.1, -0.05) is 25.4 Å². The molecule has 0 aliphatic rings. The summed E-state index contributed by atoms with van der Waals surface area (Å²) in [5, 5.41) is 9.31. The summed E-state index contributed by atoms with van der Waals surface area (Å²) in [4.78, 5) is 10.7. The number of carbonyl (C=O) groups is 1. The fourth-order valence-corrected chi connectivity index (χ4v) is 2.60. The summed E-state index contributed by atoms with van der Waals surface area (Å²) < 4.78 is 10.5. The number of hydrogen-bond donors (Lipinski definition) is 1. The number of carboxylic acids is 1. The van der Waals surface area contributed by atoms with Gasteiger partial charge in [0.2, 0.25) is 0 Å². The fraction of sp³-hybridized carbons (Fsp3) is 0.500. The topological polar surface area (TPSA) is 55.8 Å². The van der Waals surface area contributed by atoms with E-state index in [-0.39, 0.29) is 12.3 Å².